The number of halogens is 1. The van der Waals surface area contributed by atoms with Crippen LogP contribution in [0.15, 0.2) is 24.3 Å². The van der Waals surface area contributed by atoms with Crippen LogP contribution in [0, 0.1) is 11.3 Å². The third-order valence-electron chi connectivity index (χ3n) is 1.76. The number of benzene rings is 1. The van der Waals surface area contributed by atoms with Gasteiger partial charge < -0.3 is 5.11 Å². The van der Waals surface area contributed by atoms with E-state index in [9.17, 15) is 4.79 Å². The number of carboxylic acid groups (broad SMARTS) is 1. The summed E-state index contributed by atoms with van der Waals surface area (Å²) in [5, 5.41) is 16.5. The van der Waals surface area contributed by atoms with Gasteiger partial charge in [0.25, 0.3) is 0 Å². The lowest BCUT2D eigenvalue weighted by Crippen LogP contribution is -2.01. The van der Waals surface area contributed by atoms with Crippen LogP contribution in [-0.2, 0) is 6.42 Å². The Hall–Kier alpha value is -1.53. The van der Waals surface area contributed by atoms with E-state index in [0.717, 1.165) is 5.56 Å². The molecule has 0 saturated carbocycles. The number of carbonyl (C=O) groups is 1. The highest BCUT2D eigenvalue weighted by atomic mass is 35.5. The Labute approximate surface area is 86.5 Å². The maximum absolute atomic E-state index is 10.5. The number of alkyl halides is 1. The summed E-state index contributed by atoms with van der Waals surface area (Å²) in [5.41, 5.74) is 1.09. The van der Waals surface area contributed by atoms with Gasteiger partial charge in [-0.05, 0) is 17.7 Å². The van der Waals surface area contributed by atoms with Crippen molar-refractivity contribution in [2.24, 2.45) is 0 Å². The second-order valence-corrected chi connectivity index (χ2v) is 3.33. The van der Waals surface area contributed by atoms with Crippen LogP contribution in [-0.4, -0.2) is 16.5 Å². The second-order valence-electron chi connectivity index (χ2n) is 2.80. The Kier molecular flexibility index (Phi) is 3.49. The lowest BCUT2D eigenvalue weighted by Gasteiger charge is -2.01. The molecule has 1 rings (SSSR count). The molecule has 3 nitrogen and oxygen atoms in total. The lowest BCUT2D eigenvalue weighted by molar-refractivity contribution is 0.0697. The highest BCUT2D eigenvalue weighted by molar-refractivity contribution is 6.22. The van der Waals surface area contributed by atoms with Crippen molar-refractivity contribution in [3.05, 3.63) is 35.4 Å². The zero-order valence-corrected chi connectivity index (χ0v) is 8.03. The highest BCUT2D eigenvalue weighted by Gasteiger charge is 2.05. The largest absolute Gasteiger partial charge is 0.478 e. The molecule has 0 amide bonds. The normalized spacial score (nSPS) is 11.7. The predicted molar refractivity (Wildman–Crippen MR) is 52.4 cm³/mol. The zero-order valence-electron chi connectivity index (χ0n) is 7.27. The van der Waals surface area contributed by atoms with Gasteiger partial charge >= 0.3 is 5.97 Å². The summed E-state index contributed by atoms with van der Waals surface area (Å²) in [6.45, 7) is 0. The van der Waals surface area contributed by atoms with E-state index in [-0.39, 0.29) is 5.56 Å². The third-order valence-corrected chi connectivity index (χ3v) is 2.01. The van der Waals surface area contributed by atoms with Crippen LogP contribution < -0.4 is 0 Å². The van der Waals surface area contributed by atoms with Gasteiger partial charge in [-0.15, -0.1) is 11.6 Å². The van der Waals surface area contributed by atoms with E-state index in [0.29, 0.717) is 6.42 Å². The quantitative estimate of drug-likeness (QED) is 0.776. The summed E-state index contributed by atoms with van der Waals surface area (Å²) < 4.78 is 0. The van der Waals surface area contributed by atoms with Crippen molar-refractivity contribution in [2.75, 3.05) is 0 Å². The first-order valence-corrected chi connectivity index (χ1v) is 4.43. The minimum absolute atomic E-state index is 0.233. The topological polar surface area (TPSA) is 61.1 Å². The van der Waals surface area contributed by atoms with Gasteiger partial charge in [-0.1, -0.05) is 12.1 Å². The summed E-state index contributed by atoms with van der Waals surface area (Å²) in [5.74, 6) is -0.959. The molecule has 14 heavy (non-hydrogen) atoms. The smallest absolute Gasteiger partial charge is 0.335 e. The fourth-order valence-corrected chi connectivity index (χ4v) is 1.21. The predicted octanol–water partition coefficient (Wildman–Crippen LogP) is 2.06. The van der Waals surface area contributed by atoms with Gasteiger partial charge in [0, 0.05) is 6.42 Å². The van der Waals surface area contributed by atoms with E-state index in [1.54, 1.807) is 12.1 Å². The average molecular weight is 210 g/mol. The SMILES string of the molecule is N#C[C@H](Cl)Cc1ccc(C(=O)O)cc1. The molecule has 0 aliphatic carbocycles. The van der Waals surface area contributed by atoms with Gasteiger partial charge in [0.1, 0.15) is 5.38 Å². The molecular formula is C10H8ClNO2. The molecule has 0 bridgehead atoms. The van der Waals surface area contributed by atoms with Crippen molar-refractivity contribution >= 4 is 17.6 Å². The van der Waals surface area contributed by atoms with Gasteiger partial charge in [0.05, 0.1) is 11.6 Å². The number of hydrogen-bond donors (Lipinski definition) is 1. The Morgan fingerprint density at radius 2 is 2.07 bits per heavy atom. The molecule has 0 saturated heterocycles. The van der Waals surface area contributed by atoms with Crippen LogP contribution in [0.3, 0.4) is 0 Å². The van der Waals surface area contributed by atoms with Crippen molar-refractivity contribution in [3.8, 4) is 6.07 Å². The van der Waals surface area contributed by atoms with E-state index < -0.39 is 11.3 Å². The van der Waals surface area contributed by atoms with Crippen LogP contribution in [0.4, 0.5) is 0 Å². The molecule has 4 heteroatoms. The maximum Gasteiger partial charge on any atom is 0.335 e. The molecule has 0 aliphatic heterocycles. The standard InChI is InChI=1S/C10H8ClNO2/c11-9(6-12)5-7-1-3-8(4-2-7)10(13)14/h1-4,9H,5H2,(H,13,14)/t9-/m1/s1. The summed E-state index contributed by atoms with van der Waals surface area (Å²) in [6, 6.07) is 8.22. The Morgan fingerprint density at radius 3 is 2.50 bits per heavy atom. The first-order chi connectivity index (χ1) is 6.63. The van der Waals surface area contributed by atoms with Crippen LogP contribution >= 0.6 is 11.6 Å². The Bertz CT molecular complexity index is 367. The van der Waals surface area contributed by atoms with E-state index in [2.05, 4.69) is 0 Å². The minimum atomic E-state index is -0.959. The van der Waals surface area contributed by atoms with E-state index in [4.69, 9.17) is 22.0 Å². The molecule has 0 fully saturated rings. The molecule has 0 radical (unpaired) electrons. The fourth-order valence-electron chi connectivity index (χ4n) is 1.04. The van der Waals surface area contributed by atoms with Crippen molar-refractivity contribution in [3.63, 3.8) is 0 Å². The Morgan fingerprint density at radius 1 is 1.50 bits per heavy atom. The molecule has 0 aliphatic rings. The van der Waals surface area contributed by atoms with Crippen molar-refractivity contribution in [2.45, 2.75) is 11.8 Å². The zero-order chi connectivity index (χ0) is 10.6. The van der Waals surface area contributed by atoms with Gasteiger partial charge in [-0.3, -0.25) is 0 Å². The molecule has 0 unspecified atom stereocenters. The summed E-state index contributed by atoms with van der Waals surface area (Å²) >= 11 is 5.62. The molecule has 0 heterocycles. The number of nitriles is 1. The van der Waals surface area contributed by atoms with Crippen molar-refractivity contribution in [1.29, 1.82) is 5.26 Å². The molecule has 1 aromatic carbocycles. The second kappa shape index (κ2) is 4.64. The molecule has 0 aromatic heterocycles. The van der Waals surface area contributed by atoms with Gasteiger partial charge in [0.2, 0.25) is 0 Å². The molecule has 72 valence electrons. The maximum atomic E-state index is 10.5. The van der Waals surface area contributed by atoms with Crippen LogP contribution in [0.1, 0.15) is 15.9 Å². The number of aromatic carboxylic acids is 1. The Balaban J connectivity index is 2.75. The van der Waals surface area contributed by atoms with Crippen LogP contribution in [0.2, 0.25) is 0 Å². The van der Waals surface area contributed by atoms with Gasteiger partial charge in [0.15, 0.2) is 0 Å². The highest BCUT2D eigenvalue weighted by Crippen LogP contribution is 2.09. The molecule has 1 N–H and O–H groups in total. The number of hydrogen-bond acceptors (Lipinski definition) is 2. The van der Waals surface area contributed by atoms with Crippen LogP contribution in [0.25, 0.3) is 0 Å². The summed E-state index contributed by atoms with van der Waals surface area (Å²) in [6.07, 6.45) is 0.429. The van der Waals surface area contributed by atoms with Crippen molar-refractivity contribution < 1.29 is 9.90 Å². The van der Waals surface area contributed by atoms with E-state index >= 15 is 0 Å². The van der Waals surface area contributed by atoms with E-state index in [1.807, 2.05) is 6.07 Å². The minimum Gasteiger partial charge on any atom is -0.478 e. The van der Waals surface area contributed by atoms with Gasteiger partial charge in [-0.25, -0.2) is 4.79 Å². The van der Waals surface area contributed by atoms with Gasteiger partial charge in [-0.2, -0.15) is 5.26 Å². The molecule has 1 atom stereocenters. The lowest BCUT2D eigenvalue weighted by atomic mass is 10.1. The first-order valence-electron chi connectivity index (χ1n) is 3.99. The number of rotatable bonds is 3. The molecule has 1 aromatic rings. The summed E-state index contributed by atoms with van der Waals surface area (Å²) in [4.78, 5) is 10.5. The number of carboxylic acids is 1. The summed E-state index contributed by atoms with van der Waals surface area (Å²) in [7, 11) is 0. The van der Waals surface area contributed by atoms with Crippen molar-refractivity contribution in [1.82, 2.24) is 0 Å². The molecule has 0 spiro atoms. The third kappa shape index (κ3) is 2.75. The number of nitrogens with zero attached hydrogens (tertiary/aromatic N) is 1. The average Bonchev–Trinajstić information content (AvgIpc) is 2.18. The monoisotopic (exact) mass is 209 g/mol. The van der Waals surface area contributed by atoms with E-state index in [1.165, 1.54) is 12.1 Å². The fraction of sp³-hybridized carbons (Fsp3) is 0.200. The van der Waals surface area contributed by atoms with Crippen LogP contribution in [0.5, 0.6) is 0 Å². The first kappa shape index (κ1) is 10.6. The molecular weight excluding hydrogens is 202 g/mol.